The Morgan fingerprint density at radius 1 is 1.41 bits per heavy atom. The zero-order valence-corrected chi connectivity index (χ0v) is 15.7. The Labute approximate surface area is 163 Å². The lowest BCUT2D eigenvalue weighted by Crippen LogP contribution is -2.08. The van der Waals surface area contributed by atoms with Gasteiger partial charge < -0.3 is 15.2 Å². The highest BCUT2D eigenvalue weighted by Gasteiger charge is 2.23. The molecule has 0 aliphatic carbocycles. The zero-order valence-electron chi connectivity index (χ0n) is 14.1. The number of nitrogen functional groups attached to an aromatic ring is 1. The van der Waals surface area contributed by atoms with Crippen molar-refractivity contribution in [2.45, 2.75) is 13.5 Å². The van der Waals surface area contributed by atoms with Crippen LogP contribution in [0.2, 0.25) is 5.02 Å². The molecule has 0 amide bonds. The van der Waals surface area contributed by atoms with E-state index in [4.69, 9.17) is 26.8 Å². The van der Waals surface area contributed by atoms with Crippen LogP contribution in [-0.4, -0.2) is 18.5 Å². The molecule has 2 N–H and O–H groups in total. The van der Waals surface area contributed by atoms with Gasteiger partial charge in [-0.15, -0.1) is 11.3 Å². The van der Waals surface area contributed by atoms with Crippen molar-refractivity contribution < 1.29 is 23.5 Å². The maximum atomic E-state index is 13.1. The van der Waals surface area contributed by atoms with Gasteiger partial charge in [-0.2, -0.15) is 5.26 Å². The highest BCUT2D eigenvalue weighted by molar-refractivity contribution is 7.18. The van der Waals surface area contributed by atoms with Crippen LogP contribution in [0.15, 0.2) is 24.3 Å². The predicted octanol–water partition coefficient (Wildman–Crippen LogP) is 3.93. The number of benzene rings is 1. The first-order valence-corrected chi connectivity index (χ1v) is 8.85. The van der Waals surface area contributed by atoms with Crippen LogP contribution >= 0.6 is 22.9 Å². The van der Waals surface area contributed by atoms with Crippen LogP contribution in [-0.2, 0) is 20.9 Å². The Morgan fingerprint density at radius 2 is 2.15 bits per heavy atom. The zero-order chi connectivity index (χ0) is 20.0. The molecule has 0 aliphatic heterocycles. The van der Waals surface area contributed by atoms with Crippen molar-refractivity contribution in [3.63, 3.8) is 0 Å². The molecule has 9 heteroatoms. The van der Waals surface area contributed by atoms with Gasteiger partial charge in [-0.05, 0) is 30.7 Å². The van der Waals surface area contributed by atoms with Gasteiger partial charge in [0.1, 0.15) is 28.4 Å². The number of thiophene rings is 1. The van der Waals surface area contributed by atoms with Crippen molar-refractivity contribution in [1.29, 1.82) is 5.26 Å². The number of nitriles is 1. The first-order valence-electron chi connectivity index (χ1n) is 7.65. The summed E-state index contributed by atoms with van der Waals surface area (Å²) in [5.41, 5.74) is 6.52. The second kappa shape index (κ2) is 9.16. The van der Waals surface area contributed by atoms with E-state index in [-0.39, 0.29) is 39.2 Å². The number of nitrogens with zero attached hydrogens (tertiary/aromatic N) is 1. The van der Waals surface area contributed by atoms with E-state index in [1.807, 2.05) is 6.07 Å². The second-order valence-electron chi connectivity index (χ2n) is 5.10. The molecule has 0 aliphatic rings. The van der Waals surface area contributed by atoms with Crippen LogP contribution in [0.3, 0.4) is 0 Å². The lowest BCUT2D eigenvalue weighted by Gasteiger charge is -2.05. The Hall–Kier alpha value is -2.89. The third-order valence-electron chi connectivity index (χ3n) is 3.32. The highest BCUT2D eigenvalue weighted by atomic mass is 35.5. The molecule has 0 saturated carbocycles. The van der Waals surface area contributed by atoms with E-state index in [0.29, 0.717) is 5.56 Å². The van der Waals surface area contributed by atoms with E-state index < -0.39 is 17.8 Å². The normalized spacial score (nSPS) is 10.6. The number of rotatable bonds is 6. The van der Waals surface area contributed by atoms with E-state index in [1.54, 1.807) is 6.92 Å². The van der Waals surface area contributed by atoms with Crippen LogP contribution in [0.1, 0.15) is 33.3 Å². The van der Waals surface area contributed by atoms with Crippen molar-refractivity contribution in [3.05, 3.63) is 56.7 Å². The molecule has 27 heavy (non-hydrogen) atoms. The number of hydrogen-bond acceptors (Lipinski definition) is 7. The maximum absolute atomic E-state index is 13.1. The first kappa shape index (κ1) is 20.4. The summed E-state index contributed by atoms with van der Waals surface area (Å²) in [7, 11) is 0. The molecule has 0 atom stereocenters. The summed E-state index contributed by atoms with van der Waals surface area (Å²) in [6.07, 6.45) is 2.52. The fourth-order valence-corrected chi connectivity index (χ4v) is 3.18. The molecule has 0 saturated heterocycles. The molecule has 1 heterocycles. The number of ether oxygens (including phenoxy) is 2. The van der Waals surface area contributed by atoms with Crippen LogP contribution in [0, 0.1) is 17.1 Å². The van der Waals surface area contributed by atoms with Gasteiger partial charge in [-0.1, -0.05) is 17.7 Å². The van der Waals surface area contributed by atoms with Crippen LogP contribution in [0.25, 0.3) is 6.08 Å². The smallest absolute Gasteiger partial charge is 0.348 e. The van der Waals surface area contributed by atoms with Gasteiger partial charge in [0, 0.05) is 11.6 Å². The third-order valence-corrected chi connectivity index (χ3v) is 4.65. The molecular formula is C18H14ClFN2O4S. The van der Waals surface area contributed by atoms with Gasteiger partial charge in [0.05, 0.1) is 17.2 Å². The summed E-state index contributed by atoms with van der Waals surface area (Å²) in [6.45, 7) is 1.48. The first-order chi connectivity index (χ1) is 12.9. The molecular weight excluding hydrogens is 395 g/mol. The average Bonchev–Trinajstić information content (AvgIpc) is 2.96. The topological polar surface area (TPSA) is 102 Å². The SMILES string of the molecule is CCOC(=O)c1sc(N)c(C#N)c1COC(=O)/C=C/c1ccc(F)c(Cl)c1. The lowest BCUT2D eigenvalue weighted by molar-refractivity contribution is -0.138. The van der Waals surface area contributed by atoms with Gasteiger partial charge in [0.15, 0.2) is 0 Å². The summed E-state index contributed by atoms with van der Waals surface area (Å²) in [5.74, 6) is -1.93. The molecule has 6 nitrogen and oxygen atoms in total. The van der Waals surface area contributed by atoms with Crippen molar-refractivity contribution in [2.24, 2.45) is 0 Å². The summed E-state index contributed by atoms with van der Waals surface area (Å²) >= 11 is 6.57. The lowest BCUT2D eigenvalue weighted by atomic mass is 10.1. The minimum absolute atomic E-state index is 0.0722. The molecule has 2 aromatic rings. The Bertz CT molecular complexity index is 950. The largest absolute Gasteiger partial charge is 0.462 e. The fraction of sp³-hybridized carbons (Fsp3) is 0.167. The van der Waals surface area contributed by atoms with E-state index in [0.717, 1.165) is 17.4 Å². The summed E-state index contributed by atoms with van der Waals surface area (Å²) < 4.78 is 23.1. The maximum Gasteiger partial charge on any atom is 0.348 e. The highest BCUT2D eigenvalue weighted by Crippen LogP contribution is 2.31. The second-order valence-corrected chi connectivity index (χ2v) is 6.56. The van der Waals surface area contributed by atoms with Crippen molar-refractivity contribution in [1.82, 2.24) is 0 Å². The quantitative estimate of drug-likeness (QED) is 0.574. The Morgan fingerprint density at radius 3 is 2.78 bits per heavy atom. The van der Waals surface area contributed by atoms with Crippen LogP contribution in [0.4, 0.5) is 9.39 Å². The van der Waals surface area contributed by atoms with Crippen molar-refractivity contribution in [3.8, 4) is 6.07 Å². The fourth-order valence-electron chi connectivity index (χ4n) is 2.08. The van der Waals surface area contributed by atoms with E-state index in [9.17, 15) is 19.2 Å². The number of halogens is 2. The predicted molar refractivity (Wildman–Crippen MR) is 99.6 cm³/mol. The summed E-state index contributed by atoms with van der Waals surface area (Å²) in [4.78, 5) is 24.0. The molecule has 0 fully saturated rings. The molecule has 0 radical (unpaired) electrons. The number of hydrogen-bond donors (Lipinski definition) is 1. The molecule has 0 unspecified atom stereocenters. The molecule has 1 aromatic heterocycles. The monoisotopic (exact) mass is 408 g/mol. The van der Waals surface area contributed by atoms with Gasteiger partial charge in [0.2, 0.25) is 0 Å². The molecule has 1 aromatic carbocycles. The standard InChI is InChI=1S/C18H14ClFN2O4S/c1-2-25-18(24)16-12(11(8-21)17(22)27-16)9-26-15(23)6-4-10-3-5-14(20)13(19)7-10/h3-7H,2,9,22H2,1H3/b6-4+. The van der Waals surface area contributed by atoms with E-state index in [1.165, 1.54) is 24.3 Å². The van der Waals surface area contributed by atoms with E-state index >= 15 is 0 Å². The van der Waals surface area contributed by atoms with Crippen LogP contribution < -0.4 is 5.73 Å². The number of esters is 2. The van der Waals surface area contributed by atoms with Crippen LogP contribution in [0.5, 0.6) is 0 Å². The van der Waals surface area contributed by atoms with Crippen molar-refractivity contribution >= 4 is 46.0 Å². The van der Waals surface area contributed by atoms with E-state index in [2.05, 4.69) is 0 Å². The summed E-state index contributed by atoms with van der Waals surface area (Å²) in [6, 6.07) is 5.86. The minimum Gasteiger partial charge on any atom is -0.462 e. The number of carbonyl (C=O) groups is 2. The Balaban J connectivity index is 2.12. The molecule has 140 valence electrons. The molecule has 0 bridgehead atoms. The summed E-state index contributed by atoms with van der Waals surface area (Å²) in [5, 5.41) is 9.29. The van der Waals surface area contributed by atoms with Crippen molar-refractivity contribution in [2.75, 3.05) is 12.3 Å². The minimum atomic E-state index is -0.723. The van der Waals surface area contributed by atoms with Gasteiger partial charge in [0.25, 0.3) is 0 Å². The van der Waals surface area contributed by atoms with Gasteiger partial charge in [-0.25, -0.2) is 14.0 Å². The Kier molecular flexibility index (Phi) is 6.93. The van der Waals surface area contributed by atoms with Gasteiger partial charge in [-0.3, -0.25) is 0 Å². The third kappa shape index (κ3) is 5.06. The number of carbonyl (C=O) groups excluding carboxylic acids is 2. The van der Waals surface area contributed by atoms with Gasteiger partial charge >= 0.3 is 11.9 Å². The number of anilines is 1. The molecule has 2 rings (SSSR count). The molecule has 0 spiro atoms. The average molecular weight is 409 g/mol. The number of nitrogens with two attached hydrogens (primary N) is 1.